The first-order valence-corrected chi connectivity index (χ1v) is 5.75. The summed E-state index contributed by atoms with van der Waals surface area (Å²) < 4.78 is 0. The summed E-state index contributed by atoms with van der Waals surface area (Å²) in [5, 5.41) is 2.70. The Hall–Kier alpha value is -2.49. The molecule has 0 aliphatic carbocycles. The molecule has 0 heterocycles. The lowest BCUT2D eigenvalue weighted by atomic mass is 10.2. The predicted octanol–water partition coefficient (Wildman–Crippen LogP) is 2.01. The van der Waals surface area contributed by atoms with Crippen LogP contribution in [0.1, 0.15) is 13.8 Å². The molecule has 0 saturated heterocycles. The third-order valence-electron chi connectivity index (χ3n) is 2.12. The number of rotatable bonds is 6. The van der Waals surface area contributed by atoms with E-state index in [2.05, 4.69) is 18.5 Å². The van der Waals surface area contributed by atoms with E-state index in [0.29, 0.717) is 22.7 Å². The predicted molar refractivity (Wildman–Crippen MR) is 80.6 cm³/mol. The van der Waals surface area contributed by atoms with E-state index >= 15 is 0 Å². The summed E-state index contributed by atoms with van der Waals surface area (Å²) in [5.41, 5.74) is 13.3. The molecule has 0 atom stereocenters. The minimum Gasteiger partial charge on any atom is -0.402 e. The Morgan fingerprint density at radius 2 is 1.63 bits per heavy atom. The molecular weight excluding hydrogens is 238 g/mol. The van der Waals surface area contributed by atoms with E-state index in [1.54, 1.807) is 44.2 Å². The normalized spacial score (nSPS) is 14.0. The third kappa shape index (κ3) is 7.44. The van der Waals surface area contributed by atoms with Crippen LogP contribution < -0.4 is 16.8 Å². The van der Waals surface area contributed by atoms with Crippen LogP contribution in [-0.2, 0) is 4.79 Å². The number of carbonyl (C=O) groups is 1. The quantitative estimate of drug-likeness (QED) is 0.504. The van der Waals surface area contributed by atoms with E-state index in [1.807, 2.05) is 0 Å². The van der Waals surface area contributed by atoms with Gasteiger partial charge in [0.05, 0.1) is 0 Å². The summed E-state index contributed by atoms with van der Waals surface area (Å²) in [6, 6.07) is 0. The summed E-state index contributed by atoms with van der Waals surface area (Å²) in [5.74, 6) is -0.234. The van der Waals surface area contributed by atoms with Crippen molar-refractivity contribution in [2.24, 2.45) is 11.5 Å². The molecule has 0 aromatic rings. The lowest BCUT2D eigenvalue weighted by Crippen LogP contribution is -2.22. The standard InChI is InChI=1S/C15H21N3O/c1-5-13(17)9-7-11(3)15(19)18-14(6-2)10-8-12(4)16/h5-10H,1-2,16-17H2,3-4H3,(H,18,19)/b11-7+,12-8+,13-9+,14-10+. The highest BCUT2D eigenvalue weighted by Gasteiger charge is 2.03. The van der Waals surface area contributed by atoms with Crippen LogP contribution in [0.3, 0.4) is 0 Å². The maximum absolute atomic E-state index is 11.8. The molecule has 102 valence electrons. The topological polar surface area (TPSA) is 81.1 Å². The van der Waals surface area contributed by atoms with E-state index in [-0.39, 0.29) is 5.91 Å². The maximum Gasteiger partial charge on any atom is 0.251 e. The summed E-state index contributed by atoms with van der Waals surface area (Å²) in [4.78, 5) is 11.8. The number of nitrogens with two attached hydrogens (primary N) is 2. The minimum atomic E-state index is -0.234. The van der Waals surface area contributed by atoms with E-state index < -0.39 is 0 Å². The van der Waals surface area contributed by atoms with Crippen molar-refractivity contribution < 1.29 is 4.79 Å². The number of hydrogen-bond acceptors (Lipinski definition) is 3. The Morgan fingerprint density at radius 3 is 2.11 bits per heavy atom. The van der Waals surface area contributed by atoms with Gasteiger partial charge in [0.25, 0.3) is 5.91 Å². The van der Waals surface area contributed by atoms with Crippen molar-refractivity contribution in [3.8, 4) is 0 Å². The molecule has 0 bridgehead atoms. The molecule has 19 heavy (non-hydrogen) atoms. The molecule has 0 fully saturated rings. The van der Waals surface area contributed by atoms with Gasteiger partial charge in [-0.3, -0.25) is 4.79 Å². The van der Waals surface area contributed by atoms with Crippen molar-refractivity contribution in [2.75, 3.05) is 0 Å². The molecule has 5 N–H and O–H groups in total. The highest BCUT2D eigenvalue weighted by molar-refractivity contribution is 5.94. The van der Waals surface area contributed by atoms with Gasteiger partial charge < -0.3 is 16.8 Å². The van der Waals surface area contributed by atoms with Crippen LogP contribution in [0.5, 0.6) is 0 Å². The summed E-state index contributed by atoms with van der Waals surface area (Å²) in [6.45, 7) is 10.6. The fourth-order valence-electron chi connectivity index (χ4n) is 0.977. The molecule has 0 aliphatic heterocycles. The van der Waals surface area contributed by atoms with E-state index in [4.69, 9.17) is 11.5 Å². The van der Waals surface area contributed by atoms with Gasteiger partial charge in [-0.2, -0.15) is 0 Å². The van der Waals surface area contributed by atoms with Gasteiger partial charge in [-0.15, -0.1) is 0 Å². The monoisotopic (exact) mass is 259 g/mol. The summed E-state index contributed by atoms with van der Waals surface area (Å²) in [6.07, 6.45) is 9.65. The molecule has 1 amide bonds. The average Bonchev–Trinajstić information content (AvgIpc) is 2.39. The van der Waals surface area contributed by atoms with Crippen molar-refractivity contribution in [1.29, 1.82) is 0 Å². The number of allylic oxidation sites excluding steroid dienone is 7. The first-order valence-electron chi connectivity index (χ1n) is 5.75. The highest BCUT2D eigenvalue weighted by Crippen LogP contribution is 2.00. The Balaban J connectivity index is 4.85. The van der Waals surface area contributed by atoms with E-state index in [9.17, 15) is 4.79 Å². The van der Waals surface area contributed by atoms with Gasteiger partial charge >= 0.3 is 0 Å². The number of nitrogens with one attached hydrogen (secondary N) is 1. The molecule has 0 radical (unpaired) electrons. The van der Waals surface area contributed by atoms with Gasteiger partial charge in [0.2, 0.25) is 0 Å². The molecule has 0 unspecified atom stereocenters. The van der Waals surface area contributed by atoms with Gasteiger partial charge in [-0.05, 0) is 44.2 Å². The molecule has 0 aliphatic rings. The maximum atomic E-state index is 11.8. The van der Waals surface area contributed by atoms with Gasteiger partial charge in [0.1, 0.15) is 0 Å². The number of carbonyl (C=O) groups excluding carboxylic acids is 1. The molecule has 4 nitrogen and oxygen atoms in total. The molecular formula is C15H21N3O. The van der Waals surface area contributed by atoms with Crippen molar-refractivity contribution in [3.63, 3.8) is 0 Å². The van der Waals surface area contributed by atoms with Crippen LogP contribution in [0.4, 0.5) is 0 Å². The second-order valence-electron chi connectivity index (χ2n) is 3.91. The van der Waals surface area contributed by atoms with E-state index in [0.717, 1.165) is 0 Å². The van der Waals surface area contributed by atoms with Crippen LogP contribution in [0.15, 0.2) is 72.3 Å². The summed E-state index contributed by atoms with van der Waals surface area (Å²) in [7, 11) is 0. The Kier molecular flexibility index (Phi) is 7.45. The van der Waals surface area contributed by atoms with Gasteiger partial charge in [-0.25, -0.2) is 0 Å². The fraction of sp³-hybridized carbons (Fsp3) is 0.133. The van der Waals surface area contributed by atoms with Crippen LogP contribution in [0.25, 0.3) is 0 Å². The second kappa shape index (κ2) is 8.58. The largest absolute Gasteiger partial charge is 0.402 e. The zero-order valence-corrected chi connectivity index (χ0v) is 11.4. The smallest absolute Gasteiger partial charge is 0.251 e. The first-order chi connectivity index (χ1) is 8.90. The molecule has 4 heteroatoms. The van der Waals surface area contributed by atoms with Crippen LogP contribution >= 0.6 is 0 Å². The average molecular weight is 259 g/mol. The minimum absolute atomic E-state index is 0.234. The highest BCUT2D eigenvalue weighted by atomic mass is 16.1. The first kappa shape index (κ1) is 16.5. The van der Waals surface area contributed by atoms with Crippen molar-refractivity contribution in [1.82, 2.24) is 5.32 Å². The summed E-state index contributed by atoms with van der Waals surface area (Å²) >= 11 is 0. The number of amides is 1. The second-order valence-corrected chi connectivity index (χ2v) is 3.91. The van der Waals surface area contributed by atoms with E-state index in [1.165, 1.54) is 6.08 Å². The van der Waals surface area contributed by atoms with Crippen molar-refractivity contribution in [3.05, 3.63) is 72.3 Å². The molecule has 0 spiro atoms. The SMILES string of the molecule is C=C/C(N)=C\C=C(/C)C(=O)N/C(C=C)=C/C=C(\C)N. The Morgan fingerprint density at radius 1 is 1.00 bits per heavy atom. The molecule has 0 aromatic heterocycles. The lowest BCUT2D eigenvalue weighted by Gasteiger charge is -2.05. The Bertz CT molecular complexity index is 476. The zero-order valence-electron chi connectivity index (χ0n) is 11.4. The van der Waals surface area contributed by atoms with Crippen LogP contribution in [-0.4, -0.2) is 5.91 Å². The van der Waals surface area contributed by atoms with Gasteiger partial charge in [0, 0.05) is 22.7 Å². The number of hydrogen-bond donors (Lipinski definition) is 3. The van der Waals surface area contributed by atoms with Crippen LogP contribution in [0, 0.1) is 0 Å². The van der Waals surface area contributed by atoms with Crippen molar-refractivity contribution >= 4 is 5.91 Å². The van der Waals surface area contributed by atoms with Gasteiger partial charge in [0.15, 0.2) is 0 Å². The fourth-order valence-corrected chi connectivity index (χ4v) is 0.977. The molecule has 0 rings (SSSR count). The zero-order chi connectivity index (χ0) is 14.8. The Labute approximate surface area is 114 Å². The third-order valence-corrected chi connectivity index (χ3v) is 2.12. The molecule has 0 saturated carbocycles. The van der Waals surface area contributed by atoms with Gasteiger partial charge in [-0.1, -0.05) is 19.2 Å². The van der Waals surface area contributed by atoms with Crippen LogP contribution in [0.2, 0.25) is 0 Å². The molecule has 0 aromatic carbocycles. The lowest BCUT2D eigenvalue weighted by molar-refractivity contribution is -0.116. The van der Waals surface area contributed by atoms with Crippen molar-refractivity contribution in [2.45, 2.75) is 13.8 Å².